The van der Waals surface area contributed by atoms with Gasteiger partial charge in [0.15, 0.2) is 11.6 Å². The van der Waals surface area contributed by atoms with Gasteiger partial charge in [-0.25, -0.2) is 0 Å². The van der Waals surface area contributed by atoms with Crippen LogP contribution in [0.15, 0.2) is 42.5 Å². The summed E-state index contributed by atoms with van der Waals surface area (Å²) in [6, 6.07) is 10.9. The van der Waals surface area contributed by atoms with Gasteiger partial charge in [-0.15, -0.1) is 0 Å². The first kappa shape index (κ1) is 21.4. The first-order valence-corrected chi connectivity index (χ1v) is 9.82. The largest absolute Gasteiger partial charge is 0.353 e. The fourth-order valence-electron chi connectivity index (χ4n) is 3.36. The molecule has 30 heavy (non-hydrogen) atoms. The number of benzene rings is 2. The van der Waals surface area contributed by atoms with Gasteiger partial charge in [-0.1, -0.05) is 24.3 Å². The summed E-state index contributed by atoms with van der Waals surface area (Å²) in [4.78, 5) is 51.7. The molecule has 2 N–H and O–H groups in total. The summed E-state index contributed by atoms with van der Waals surface area (Å²) in [6.45, 7) is 5.52. The van der Waals surface area contributed by atoms with Gasteiger partial charge in [0.1, 0.15) is 0 Å². The van der Waals surface area contributed by atoms with Crippen LogP contribution < -0.4 is 10.6 Å². The molecule has 1 aliphatic rings. The van der Waals surface area contributed by atoms with Gasteiger partial charge in [-0.05, 0) is 46.0 Å². The van der Waals surface area contributed by atoms with E-state index in [1.54, 1.807) is 55.3 Å². The summed E-state index contributed by atoms with van der Waals surface area (Å²) in [5.74, 6) is -0.928. The lowest BCUT2D eigenvalue weighted by Gasteiger charge is -2.24. The summed E-state index contributed by atoms with van der Waals surface area (Å²) in [5, 5.41) is 5.56. The highest BCUT2D eigenvalue weighted by Gasteiger charge is 2.29. The molecule has 0 radical (unpaired) electrons. The predicted molar refractivity (Wildman–Crippen MR) is 114 cm³/mol. The molecule has 1 aliphatic carbocycles. The maximum absolute atomic E-state index is 12.8. The van der Waals surface area contributed by atoms with Crippen LogP contribution in [0.2, 0.25) is 0 Å². The zero-order chi connectivity index (χ0) is 22.0. The summed E-state index contributed by atoms with van der Waals surface area (Å²) in [6.07, 6.45) is 0. The van der Waals surface area contributed by atoms with Crippen molar-refractivity contribution in [3.63, 3.8) is 0 Å². The van der Waals surface area contributed by atoms with Crippen molar-refractivity contribution in [3.8, 4) is 0 Å². The number of likely N-dealkylation sites (N-methyl/N-ethyl adjacent to an activating group) is 1. The molecule has 0 unspecified atom stereocenters. The molecule has 0 saturated carbocycles. The van der Waals surface area contributed by atoms with E-state index in [9.17, 15) is 19.2 Å². The fourth-order valence-corrected chi connectivity index (χ4v) is 3.36. The van der Waals surface area contributed by atoms with Crippen LogP contribution in [-0.2, 0) is 9.59 Å². The minimum atomic E-state index is -0.572. The Balaban J connectivity index is 1.74. The van der Waals surface area contributed by atoms with Gasteiger partial charge in [0.25, 0.3) is 0 Å². The zero-order valence-electron chi connectivity index (χ0n) is 17.5. The Morgan fingerprint density at radius 1 is 0.900 bits per heavy atom. The Hall–Kier alpha value is -3.32. The molecule has 2 aromatic rings. The van der Waals surface area contributed by atoms with E-state index in [-0.39, 0.29) is 41.5 Å². The van der Waals surface area contributed by atoms with Crippen LogP contribution in [-0.4, -0.2) is 54.0 Å². The normalized spacial score (nSPS) is 13.7. The van der Waals surface area contributed by atoms with Crippen molar-refractivity contribution in [2.24, 2.45) is 0 Å². The molecule has 156 valence electrons. The van der Waals surface area contributed by atoms with Crippen LogP contribution in [0, 0.1) is 0 Å². The fraction of sp³-hybridized carbons (Fsp3) is 0.304. The molecule has 0 spiro atoms. The van der Waals surface area contributed by atoms with Crippen LogP contribution in [0.3, 0.4) is 0 Å². The quantitative estimate of drug-likeness (QED) is 0.653. The lowest BCUT2D eigenvalue weighted by atomic mass is 9.84. The number of carbonyl (C=O) groups is 4. The molecule has 0 saturated heterocycles. The van der Waals surface area contributed by atoms with Crippen LogP contribution in [0.5, 0.6) is 0 Å². The number of nitrogens with zero attached hydrogens (tertiary/aromatic N) is 1. The van der Waals surface area contributed by atoms with E-state index >= 15 is 0 Å². The molecular weight excluding hydrogens is 382 g/mol. The van der Waals surface area contributed by atoms with E-state index in [1.165, 1.54) is 6.07 Å². The van der Waals surface area contributed by atoms with Gasteiger partial charge >= 0.3 is 0 Å². The Kier molecular flexibility index (Phi) is 6.12. The molecule has 0 bridgehead atoms. The van der Waals surface area contributed by atoms with Gasteiger partial charge in [0.2, 0.25) is 11.8 Å². The number of hydrogen-bond acceptors (Lipinski definition) is 5. The number of ketones is 2. The summed E-state index contributed by atoms with van der Waals surface area (Å²) in [7, 11) is 1.69. The number of hydrogen-bond donors (Lipinski definition) is 2. The van der Waals surface area contributed by atoms with Crippen molar-refractivity contribution >= 4 is 29.1 Å². The molecule has 7 heteroatoms. The van der Waals surface area contributed by atoms with Crippen LogP contribution in [0.1, 0.15) is 52.6 Å². The van der Waals surface area contributed by atoms with E-state index in [2.05, 4.69) is 10.6 Å². The van der Waals surface area contributed by atoms with E-state index in [1.807, 2.05) is 13.8 Å². The van der Waals surface area contributed by atoms with Crippen LogP contribution in [0.25, 0.3) is 0 Å². The summed E-state index contributed by atoms with van der Waals surface area (Å²) < 4.78 is 0. The molecule has 1 atom stereocenters. The van der Waals surface area contributed by atoms with E-state index < -0.39 is 6.04 Å². The second-order valence-electron chi connectivity index (χ2n) is 7.77. The molecule has 0 fully saturated rings. The lowest BCUT2D eigenvalue weighted by Crippen LogP contribution is -2.46. The number of amides is 2. The molecule has 2 aromatic carbocycles. The van der Waals surface area contributed by atoms with E-state index in [4.69, 9.17) is 0 Å². The number of carbonyl (C=O) groups excluding carboxylic acids is 4. The average Bonchev–Trinajstić information content (AvgIpc) is 2.70. The van der Waals surface area contributed by atoms with Crippen LogP contribution >= 0.6 is 0 Å². The summed E-state index contributed by atoms with van der Waals surface area (Å²) in [5.41, 5.74) is 1.77. The number of rotatable bonds is 6. The maximum Gasteiger partial charge on any atom is 0.241 e. The third-order valence-corrected chi connectivity index (χ3v) is 5.08. The average molecular weight is 407 g/mol. The van der Waals surface area contributed by atoms with Gasteiger partial charge < -0.3 is 10.6 Å². The summed E-state index contributed by atoms with van der Waals surface area (Å²) >= 11 is 0. The van der Waals surface area contributed by atoms with Gasteiger partial charge in [0, 0.05) is 34.0 Å². The SMILES string of the molecule is CC(C)NC(=O)CN(C)[C@@H](C)C(=O)Nc1ccc2c(c1)C(=O)c1ccccc1C2=O. The Morgan fingerprint density at radius 2 is 1.47 bits per heavy atom. The molecule has 3 rings (SSSR count). The highest BCUT2D eigenvalue weighted by molar-refractivity contribution is 6.28. The van der Waals surface area contributed by atoms with Crippen molar-refractivity contribution in [3.05, 3.63) is 64.7 Å². The molecule has 0 aliphatic heterocycles. The highest BCUT2D eigenvalue weighted by atomic mass is 16.2. The lowest BCUT2D eigenvalue weighted by molar-refractivity contribution is -0.125. The zero-order valence-corrected chi connectivity index (χ0v) is 17.5. The molecule has 2 amide bonds. The second-order valence-corrected chi connectivity index (χ2v) is 7.77. The monoisotopic (exact) mass is 407 g/mol. The first-order valence-electron chi connectivity index (χ1n) is 9.82. The molecule has 0 aromatic heterocycles. The highest BCUT2D eigenvalue weighted by Crippen LogP contribution is 2.29. The Morgan fingerprint density at radius 3 is 2.07 bits per heavy atom. The van der Waals surface area contributed by atoms with Gasteiger partial charge in [0.05, 0.1) is 12.6 Å². The van der Waals surface area contributed by atoms with Gasteiger partial charge in [-0.3, -0.25) is 24.1 Å². The van der Waals surface area contributed by atoms with Crippen molar-refractivity contribution < 1.29 is 19.2 Å². The number of fused-ring (bicyclic) bond motifs is 2. The topological polar surface area (TPSA) is 95.6 Å². The third-order valence-electron chi connectivity index (χ3n) is 5.08. The minimum Gasteiger partial charge on any atom is -0.353 e. The number of nitrogens with one attached hydrogen (secondary N) is 2. The second kappa shape index (κ2) is 8.59. The van der Waals surface area contributed by atoms with Crippen molar-refractivity contribution in [2.75, 3.05) is 18.9 Å². The van der Waals surface area contributed by atoms with Crippen molar-refractivity contribution in [1.82, 2.24) is 10.2 Å². The van der Waals surface area contributed by atoms with E-state index in [0.717, 1.165) is 0 Å². The molecule has 7 nitrogen and oxygen atoms in total. The number of anilines is 1. The molecular formula is C23H25N3O4. The van der Waals surface area contributed by atoms with Crippen molar-refractivity contribution in [2.45, 2.75) is 32.9 Å². The maximum atomic E-state index is 12.8. The Bertz CT molecular complexity index is 1030. The van der Waals surface area contributed by atoms with Crippen molar-refractivity contribution in [1.29, 1.82) is 0 Å². The first-order chi connectivity index (χ1) is 14.2. The standard InChI is InChI=1S/C23H25N3O4/c1-13(2)24-20(27)12-26(4)14(3)23(30)25-15-9-10-18-19(11-15)22(29)17-8-6-5-7-16(17)21(18)28/h5-11,13-14H,12H2,1-4H3,(H,24,27)(H,25,30)/t14-/m0/s1. The third kappa shape index (κ3) is 4.31. The Labute approximate surface area is 175 Å². The minimum absolute atomic E-state index is 0.0240. The van der Waals surface area contributed by atoms with E-state index in [0.29, 0.717) is 22.4 Å². The van der Waals surface area contributed by atoms with Crippen LogP contribution in [0.4, 0.5) is 5.69 Å². The predicted octanol–water partition coefficient (Wildman–Crippen LogP) is 2.25. The van der Waals surface area contributed by atoms with Gasteiger partial charge in [-0.2, -0.15) is 0 Å². The smallest absolute Gasteiger partial charge is 0.241 e. The molecule has 0 heterocycles.